The molecule has 0 aliphatic carbocycles. The van der Waals surface area contributed by atoms with E-state index in [1.54, 1.807) is 50.5 Å². The Kier molecular flexibility index (Phi) is 4.64. The van der Waals surface area contributed by atoms with E-state index in [-0.39, 0.29) is 0 Å². The van der Waals surface area contributed by atoms with Crippen LogP contribution in [-0.2, 0) is 0 Å². The molecule has 0 spiro atoms. The number of rotatable bonds is 6. The average molecular weight is 365 g/mol. The van der Waals surface area contributed by atoms with E-state index < -0.39 is 0 Å². The van der Waals surface area contributed by atoms with Gasteiger partial charge in [0, 0.05) is 12.7 Å². The SMILES string of the molecule is CCCN(C(=Nn1cccn1)N(n1cccn1)n1cccn1)n1cccn1. The summed E-state index contributed by atoms with van der Waals surface area (Å²) in [4.78, 5) is 6.50. The van der Waals surface area contributed by atoms with Crippen molar-refractivity contribution in [2.24, 2.45) is 5.10 Å². The van der Waals surface area contributed by atoms with Crippen molar-refractivity contribution in [3.05, 3.63) is 73.8 Å². The first-order valence-electron chi connectivity index (χ1n) is 8.53. The van der Waals surface area contributed by atoms with Gasteiger partial charge in [-0.2, -0.15) is 39.6 Å². The van der Waals surface area contributed by atoms with Crippen LogP contribution in [0.5, 0.6) is 0 Å². The predicted octanol–water partition coefficient (Wildman–Crippen LogP) is 0.741. The molecular weight excluding hydrogens is 346 g/mol. The Labute approximate surface area is 155 Å². The highest BCUT2D eigenvalue weighted by Crippen LogP contribution is 2.04. The summed E-state index contributed by atoms with van der Waals surface area (Å²) in [5.74, 6) is 0.511. The maximum Gasteiger partial charge on any atom is 0.284 e. The summed E-state index contributed by atoms with van der Waals surface area (Å²) in [7, 11) is 0. The monoisotopic (exact) mass is 365 g/mol. The van der Waals surface area contributed by atoms with E-state index >= 15 is 0 Å². The smallest absolute Gasteiger partial charge is 0.229 e. The van der Waals surface area contributed by atoms with Gasteiger partial charge in [0.25, 0.3) is 5.96 Å². The van der Waals surface area contributed by atoms with Crippen LogP contribution in [0.15, 0.2) is 78.9 Å². The first-order chi connectivity index (χ1) is 13.4. The molecule has 0 aliphatic rings. The molecule has 4 rings (SSSR count). The molecule has 0 unspecified atom stereocenters. The minimum atomic E-state index is 0.511. The third kappa shape index (κ3) is 3.42. The van der Waals surface area contributed by atoms with Crippen LogP contribution in [0.2, 0.25) is 0 Å². The first-order valence-corrected chi connectivity index (χ1v) is 8.53. The summed E-state index contributed by atoms with van der Waals surface area (Å²) in [6.45, 7) is 2.76. The topological polar surface area (TPSA) is 90.1 Å². The van der Waals surface area contributed by atoms with Crippen molar-refractivity contribution in [1.29, 1.82) is 0 Å². The molecule has 4 heterocycles. The van der Waals surface area contributed by atoms with E-state index in [2.05, 4.69) is 27.3 Å². The molecule has 0 aliphatic heterocycles. The number of aromatic nitrogens is 8. The molecule has 0 aromatic carbocycles. The Morgan fingerprint density at radius 1 is 0.778 bits per heavy atom. The fraction of sp³-hybridized carbons (Fsp3) is 0.188. The lowest BCUT2D eigenvalue weighted by Gasteiger charge is -2.32. The zero-order valence-corrected chi connectivity index (χ0v) is 14.8. The van der Waals surface area contributed by atoms with Gasteiger partial charge in [-0.15, -0.1) is 10.2 Å². The van der Waals surface area contributed by atoms with Crippen molar-refractivity contribution in [2.45, 2.75) is 13.3 Å². The fourth-order valence-electron chi connectivity index (χ4n) is 2.54. The van der Waals surface area contributed by atoms with Gasteiger partial charge in [-0.25, -0.2) is 5.01 Å². The van der Waals surface area contributed by atoms with Crippen LogP contribution in [0.4, 0.5) is 0 Å². The standard InChI is InChI=1S/C16H19N11/c1-2-11-22(24-13-4-8-18-24)16(21-23-12-3-7-17-23)27(25-14-5-9-19-25)26-15-6-10-20-26/h3-10,12-15H,2,11H2,1H3. The second-order valence-electron chi connectivity index (χ2n) is 5.52. The molecule has 0 saturated heterocycles. The molecule has 4 aromatic heterocycles. The van der Waals surface area contributed by atoms with Crippen LogP contribution in [0.3, 0.4) is 0 Å². The lowest BCUT2D eigenvalue weighted by molar-refractivity contribution is 0.490. The van der Waals surface area contributed by atoms with Gasteiger partial charge in [-0.1, -0.05) is 6.92 Å². The maximum atomic E-state index is 4.70. The van der Waals surface area contributed by atoms with Crippen molar-refractivity contribution < 1.29 is 0 Å². The second-order valence-corrected chi connectivity index (χ2v) is 5.52. The van der Waals surface area contributed by atoms with Crippen LogP contribution in [0.25, 0.3) is 0 Å². The Bertz CT molecular complexity index is 902. The Balaban J connectivity index is 1.88. The van der Waals surface area contributed by atoms with Gasteiger partial charge < -0.3 is 0 Å². The van der Waals surface area contributed by atoms with Gasteiger partial charge in [0.2, 0.25) is 0 Å². The van der Waals surface area contributed by atoms with Crippen LogP contribution >= 0.6 is 0 Å². The van der Waals surface area contributed by atoms with E-state index in [1.807, 2.05) is 47.9 Å². The molecule has 0 atom stereocenters. The molecule has 4 aromatic rings. The van der Waals surface area contributed by atoms with Crippen LogP contribution < -0.4 is 10.1 Å². The highest BCUT2D eigenvalue weighted by Gasteiger charge is 2.25. The predicted molar refractivity (Wildman–Crippen MR) is 98.7 cm³/mol. The Hall–Kier alpha value is -3.89. The fourth-order valence-corrected chi connectivity index (χ4v) is 2.54. The molecule has 0 N–H and O–H groups in total. The summed E-state index contributed by atoms with van der Waals surface area (Å²) in [5, 5.41) is 25.7. The van der Waals surface area contributed by atoms with Crippen LogP contribution in [0, 0.1) is 0 Å². The zero-order valence-electron chi connectivity index (χ0n) is 14.8. The number of hydrogen-bond acceptors (Lipinski definition) is 5. The third-order valence-electron chi connectivity index (χ3n) is 3.63. The van der Waals surface area contributed by atoms with Gasteiger partial charge >= 0.3 is 0 Å². The van der Waals surface area contributed by atoms with Gasteiger partial charge in [-0.05, 0) is 30.7 Å². The normalized spacial score (nSPS) is 11.7. The maximum absolute atomic E-state index is 4.70. The van der Waals surface area contributed by atoms with Crippen LogP contribution in [-0.4, -0.2) is 52.1 Å². The number of guanidine groups is 1. The molecule has 11 heteroatoms. The molecular formula is C16H19N11. The summed E-state index contributed by atoms with van der Waals surface area (Å²) in [6.07, 6.45) is 14.9. The molecule has 0 bridgehead atoms. The van der Waals surface area contributed by atoms with Crippen molar-refractivity contribution in [1.82, 2.24) is 39.6 Å². The van der Waals surface area contributed by atoms with Gasteiger partial charge in [-0.3, -0.25) is 0 Å². The molecule has 0 fully saturated rings. The lowest BCUT2D eigenvalue weighted by atomic mass is 10.5. The van der Waals surface area contributed by atoms with E-state index in [0.717, 1.165) is 6.42 Å². The quantitative estimate of drug-likeness (QED) is 0.370. The summed E-state index contributed by atoms with van der Waals surface area (Å²) in [6, 6.07) is 7.34. The minimum absolute atomic E-state index is 0.511. The summed E-state index contributed by atoms with van der Waals surface area (Å²) >= 11 is 0. The first kappa shape index (κ1) is 16.6. The van der Waals surface area contributed by atoms with E-state index in [9.17, 15) is 0 Å². The largest absolute Gasteiger partial charge is 0.284 e. The van der Waals surface area contributed by atoms with Crippen LogP contribution in [0.1, 0.15) is 13.3 Å². The highest BCUT2D eigenvalue weighted by atomic mass is 15.9. The van der Waals surface area contributed by atoms with Gasteiger partial charge in [0.15, 0.2) is 0 Å². The van der Waals surface area contributed by atoms with Crippen molar-refractivity contribution in [3.63, 3.8) is 0 Å². The van der Waals surface area contributed by atoms with Crippen molar-refractivity contribution in [2.75, 3.05) is 16.7 Å². The van der Waals surface area contributed by atoms with Crippen molar-refractivity contribution in [3.8, 4) is 0 Å². The van der Waals surface area contributed by atoms with E-state index in [0.29, 0.717) is 12.5 Å². The third-order valence-corrected chi connectivity index (χ3v) is 3.63. The molecule has 11 nitrogen and oxygen atoms in total. The van der Waals surface area contributed by atoms with E-state index in [1.165, 1.54) is 4.79 Å². The molecule has 27 heavy (non-hydrogen) atoms. The minimum Gasteiger partial charge on any atom is -0.229 e. The molecule has 0 saturated carbocycles. The number of nitrogens with zero attached hydrogens (tertiary/aromatic N) is 11. The van der Waals surface area contributed by atoms with Gasteiger partial charge in [0.05, 0.1) is 43.4 Å². The Morgan fingerprint density at radius 2 is 1.33 bits per heavy atom. The number of hydrogen-bond donors (Lipinski definition) is 0. The molecule has 0 radical (unpaired) electrons. The zero-order chi connectivity index (χ0) is 18.5. The van der Waals surface area contributed by atoms with E-state index in [4.69, 9.17) is 5.10 Å². The van der Waals surface area contributed by atoms with Crippen molar-refractivity contribution >= 4 is 5.96 Å². The average Bonchev–Trinajstić information content (AvgIpc) is 3.49. The molecule has 138 valence electrons. The summed E-state index contributed by atoms with van der Waals surface area (Å²) in [5.41, 5.74) is 0. The lowest BCUT2D eigenvalue weighted by Crippen LogP contribution is -2.57. The Morgan fingerprint density at radius 3 is 1.81 bits per heavy atom. The highest BCUT2D eigenvalue weighted by molar-refractivity contribution is 5.96. The second kappa shape index (κ2) is 7.56. The summed E-state index contributed by atoms with van der Waals surface area (Å²) < 4.78 is 0. The molecule has 0 amide bonds. The van der Waals surface area contributed by atoms with Gasteiger partial charge in [0.1, 0.15) is 0 Å².